The van der Waals surface area contributed by atoms with E-state index < -0.39 is 17.6 Å². The number of hydrogen-bond acceptors (Lipinski definition) is 4. The van der Waals surface area contributed by atoms with Gasteiger partial charge in [-0.2, -0.15) is 13.2 Å². The van der Waals surface area contributed by atoms with Crippen LogP contribution in [0.4, 0.5) is 13.2 Å². The first kappa shape index (κ1) is 20.1. The van der Waals surface area contributed by atoms with Gasteiger partial charge in [-0.25, -0.2) is 4.98 Å². The quantitative estimate of drug-likeness (QED) is 0.722. The molecule has 1 aliphatic carbocycles. The lowest BCUT2D eigenvalue weighted by Crippen LogP contribution is -2.51. The molecule has 0 unspecified atom stereocenters. The molecule has 0 spiro atoms. The van der Waals surface area contributed by atoms with Crippen molar-refractivity contribution in [3.05, 3.63) is 40.6 Å². The van der Waals surface area contributed by atoms with E-state index in [1.807, 2.05) is 0 Å². The molecule has 5 nitrogen and oxygen atoms in total. The third-order valence-corrected chi connectivity index (χ3v) is 5.60. The highest BCUT2D eigenvalue weighted by atomic mass is 19.4. The van der Waals surface area contributed by atoms with Crippen LogP contribution in [-0.2, 0) is 6.18 Å². The van der Waals surface area contributed by atoms with Gasteiger partial charge in [0.2, 0.25) is 0 Å². The van der Waals surface area contributed by atoms with Crippen LogP contribution in [-0.4, -0.2) is 53.2 Å². The summed E-state index contributed by atoms with van der Waals surface area (Å²) in [6, 6.07) is 4.53. The zero-order chi connectivity index (χ0) is 20.8. The SMILES string of the molecule is Cc1cc(C(=O)NCCCN2CC(O)C2)nc2c(C(F)(F)F)cc(C3CC3)cc12. The Morgan fingerprint density at radius 1 is 1.28 bits per heavy atom. The maximum Gasteiger partial charge on any atom is 0.418 e. The van der Waals surface area contributed by atoms with Gasteiger partial charge in [0.15, 0.2) is 0 Å². The fourth-order valence-electron chi connectivity index (χ4n) is 3.82. The highest BCUT2D eigenvalue weighted by Crippen LogP contribution is 2.44. The average molecular weight is 407 g/mol. The molecule has 1 saturated carbocycles. The Kier molecular flexibility index (Phi) is 5.25. The molecule has 2 fully saturated rings. The third-order valence-electron chi connectivity index (χ3n) is 5.60. The van der Waals surface area contributed by atoms with Crippen LogP contribution in [0.25, 0.3) is 10.9 Å². The number of β-amino-alcohol motifs (C(OH)–C–C–N with tert-alkyl or cyclic N) is 1. The summed E-state index contributed by atoms with van der Waals surface area (Å²) in [7, 11) is 0. The topological polar surface area (TPSA) is 65.5 Å². The number of pyridine rings is 1. The van der Waals surface area contributed by atoms with E-state index in [9.17, 15) is 23.1 Å². The first-order valence-corrected chi connectivity index (χ1v) is 9.93. The predicted molar refractivity (Wildman–Crippen MR) is 103 cm³/mol. The molecule has 1 aromatic heterocycles. The normalized spacial score (nSPS) is 18.1. The summed E-state index contributed by atoms with van der Waals surface area (Å²) in [5.74, 6) is -0.284. The number of likely N-dealkylation sites (tertiary alicyclic amines) is 1. The Bertz CT molecular complexity index is 935. The number of aromatic nitrogens is 1. The van der Waals surface area contributed by atoms with Crippen LogP contribution in [0.15, 0.2) is 18.2 Å². The fraction of sp³-hybridized carbons (Fsp3) is 0.524. The number of hydrogen-bond donors (Lipinski definition) is 2. The average Bonchev–Trinajstić information content (AvgIpc) is 3.46. The number of aliphatic hydroxyl groups excluding tert-OH is 1. The summed E-state index contributed by atoms with van der Waals surface area (Å²) in [6.07, 6.45) is -2.28. The second-order valence-corrected chi connectivity index (χ2v) is 8.08. The molecular weight excluding hydrogens is 383 g/mol. The van der Waals surface area contributed by atoms with Gasteiger partial charge in [0.25, 0.3) is 5.91 Å². The largest absolute Gasteiger partial charge is 0.418 e. The Hall–Kier alpha value is -2.19. The van der Waals surface area contributed by atoms with Crippen LogP contribution < -0.4 is 5.32 Å². The highest BCUT2D eigenvalue weighted by molar-refractivity contribution is 5.97. The van der Waals surface area contributed by atoms with Crippen molar-refractivity contribution >= 4 is 16.8 Å². The van der Waals surface area contributed by atoms with Crippen LogP contribution in [0, 0.1) is 6.92 Å². The standard InChI is InChI=1S/C21H24F3N3O2/c1-12-7-18(20(29)25-5-2-6-27-10-15(28)11-27)26-19-16(12)8-14(13-3-4-13)9-17(19)21(22,23)24/h7-9,13,15,28H,2-6,10-11H2,1H3,(H,25,29). The Labute approximate surface area is 166 Å². The molecule has 2 heterocycles. The lowest BCUT2D eigenvalue weighted by atomic mass is 9.98. The Morgan fingerprint density at radius 2 is 2.00 bits per heavy atom. The predicted octanol–water partition coefficient (Wildman–Crippen LogP) is 3.24. The minimum atomic E-state index is -4.53. The number of rotatable bonds is 6. The molecule has 0 bridgehead atoms. The van der Waals surface area contributed by atoms with Crippen molar-refractivity contribution in [2.45, 2.75) is 44.4 Å². The molecule has 0 atom stereocenters. The summed E-state index contributed by atoms with van der Waals surface area (Å²) in [5.41, 5.74) is 0.373. The van der Waals surface area contributed by atoms with Gasteiger partial charge in [0.1, 0.15) is 5.69 Å². The number of carbonyl (C=O) groups excluding carboxylic acids is 1. The van der Waals surface area contributed by atoms with Crippen molar-refractivity contribution in [2.75, 3.05) is 26.2 Å². The summed E-state index contributed by atoms with van der Waals surface area (Å²) in [6.45, 7) is 4.15. The molecule has 8 heteroatoms. The first-order chi connectivity index (χ1) is 13.7. The second kappa shape index (κ2) is 7.57. The molecule has 1 aliphatic heterocycles. The summed E-state index contributed by atoms with van der Waals surface area (Å²) < 4.78 is 41.0. The smallest absolute Gasteiger partial charge is 0.390 e. The lowest BCUT2D eigenvalue weighted by Gasteiger charge is -2.35. The van der Waals surface area contributed by atoms with Gasteiger partial charge in [-0.3, -0.25) is 9.69 Å². The lowest BCUT2D eigenvalue weighted by molar-refractivity contribution is -0.136. The van der Waals surface area contributed by atoms with Gasteiger partial charge < -0.3 is 10.4 Å². The van der Waals surface area contributed by atoms with E-state index in [0.29, 0.717) is 42.6 Å². The molecule has 1 saturated heterocycles. The zero-order valence-electron chi connectivity index (χ0n) is 16.2. The molecule has 156 valence electrons. The van der Waals surface area contributed by atoms with E-state index in [2.05, 4.69) is 15.2 Å². The van der Waals surface area contributed by atoms with Gasteiger partial charge >= 0.3 is 6.18 Å². The summed E-state index contributed by atoms with van der Waals surface area (Å²) in [5, 5.41) is 12.4. The maximum absolute atomic E-state index is 13.7. The van der Waals surface area contributed by atoms with Crippen molar-refractivity contribution in [1.29, 1.82) is 0 Å². The number of alkyl halides is 3. The van der Waals surface area contributed by atoms with Gasteiger partial charge in [-0.15, -0.1) is 0 Å². The van der Waals surface area contributed by atoms with E-state index in [-0.39, 0.29) is 23.2 Å². The molecule has 2 aromatic rings. The number of aryl methyl sites for hydroxylation is 1. The number of amides is 1. The van der Waals surface area contributed by atoms with Crippen molar-refractivity contribution < 1.29 is 23.1 Å². The maximum atomic E-state index is 13.7. The van der Waals surface area contributed by atoms with E-state index in [0.717, 1.165) is 19.4 Å². The van der Waals surface area contributed by atoms with E-state index >= 15 is 0 Å². The molecule has 1 aromatic carbocycles. The molecule has 4 rings (SSSR count). The number of nitrogens with zero attached hydrogens (tertiary/aromatic N) is 2. The molecule has 2 N–H and O–H groups in total. The van der Waals surface area contributed by atoms with Crippen LogP contribution in [0.1, 0.15) is 52.4 Å². The van der Waals surface area contributed by atoms with Gasteiger partial charge in [0.05, 0.1) is 17.2 Å². The van der Waals surface area contributed by atoms with Crippen LogP contribution in [0.5, 0.6) is 0 Å². The van der Waals surface area contributed by atoms with Crippen LogP contribution in [0.2, 0.25) is 0 Å². The number of benzene rings is 1. The highest BCUT2D eigenvalue weighted by Gasteiger charge is 2.36. The Balaban J connectivity index is 1.54. The number of halogens is 3. The first-order valence-electron chi connectivity index (χ1n) is 9.93. The third kappa shape index (κ3) is 4.38. The molecule has 1 amide bonds. The second-order valence-electron chi connectivity index (χ2n) is 8.08. The Morgan fingerprint density at radius 3 is 2.62 bits per heavy atom. The van der Waals surface area contributed by atoms with Crippen molar-refractivity contribution in [1.82, 2.24) is 15.2 Å². The zero-order valence-corrected chi connectivity index (χ0v) is 16.2. The van der Waals surface area contributed by atoms with Crippen LogP contribution in [0.3, 0.4) is 0 Å². The van der Waals surface area contributed by atoms with Crippen molar-refractivity contribution in [3.63, 3.8) is 0 Å². The number of nitrogens with one attached hydrogen (secondary N) is 1. The summed E-state index contributed by atoms with van der Waals surface area (Å²) >= 11 is 0. The summed E-state index contributed by atoms with van der Waals surface area (Å²) in [4.78, 5) is 18.6. The minimum absolute atomic E-state index is 0.000885. The van der Waals surface area contributed by atoms with E-state index in [1.165, 1.54) is 6.07 Å². The molecule has 29 heavy (non-hydrogen) atoms. The number of carbonyl (C=O) groups is 1. The molecule has 0 radical (unpaired) electrons. The number of aliphatic hydroxyl groups is 1. The molecular formula is C21H24F3N3O2. The molecule has 2 aliphatic rings. The van der Waals surface area contributed by atoms with E-state index in [4.69, 9.17) is 0 Å². The van der Waals surface area contributed by atoms with Crippen LogP contribution >= 0.6 is 0 Å². The van der Waals surface area contributed by atoms with Gasteiger partial charge in [-0.05, 0) is 61.4 Å². The number of fused-ring (bicyclic) bond motifs is 1. The fourth-order valence-corrected chi connectivity index (χ4v) is 3.82. The monoisotopic (exact) mass is 407 g/mol. The van der Waals surface area contributed by atoms with Crippen molar-refractivity contribution in [3.8, 4) is 0 Å². The van der Waals surface area contributed by atoms with Gasteiger partial charge in [0, 0.05) is 31.6 Å². The minimum Gasteiger partial charge on any atom is -0.390 e. The van der Waals surface area contributed by atoms with Crippen molar-refractivity contribution in [2.24, 2.45) is 0 Å². The van der Waals surface area contributed by atoms with Gasteiger partial charge in [-0.1, -0.05) is 0 Å². The van der Waals surface area contributed by atoms with E-state index in [1.54, 1.807) is 19.1 Å².